The van der Waals surface area contributed by atoms with Crippen LogP contribution >= 0.6 is 11.3 Å². The van der Waals surface area contributed by atoms with Crippen molar-refractivity contribution in [2.24, 2.45) is 5.92 Å². The Labute approximate surface area is 162 Å². The summed E-state index contributed by atoms with van der Waals surface area (Å²) in [4.78, 5) is 26.0. The van der Waals surface area contributed by atoms with Crippen LogP contribution in [0.1, 0.15) is 51.3 Å². The number of benzene rings is 1. The van der Waals surface area contributed by atoms with Crippen LogP contribution in [-0.4, -0.2) is 21.7 Å². The molecule has 0 spiro atoms. The molecule has 1 N–H and O–H groups in total. The van der Waals surface area contributed by atoms with Crippen LogP contribution in [0, 0.1) is 12.8 Å². The molecule has 2 aromatic heterocycles. The van der Waals surface area contributed by atoms with Gasteiger partial charge in [-0.15, -0.1) is 11.3 Å². The number of rotatable bonds is 3. The summed E-state index contributed by atoms with van der Waals surface area (Å²) in [6, 6.07) is 7.46. The third-order valence-electron chi connectivity index (χ3n) is 5.79. The second-order valence-corrected chi connectivity index (χ2v) is 8.74. The SMILES string of the molecule is Cc1nn([C@H](C)C(=O)N[C@H]2CCCC[C@H]2C)c(=O)c2c1sc1ccccc12. The van der Waals surface area contributed by atoms with Gasteiger partial charge in [-0.25, -0.2) is 4.68 Å². The normalized spacial score (nSPS) is 21.4. The lowest BCUT2D eigenvalue weighted by atomic mass is 9.86. The van der Waals surface area contributed by atoms with Gasteiger partial charge in [-0.1, -0.05) is 38.0 Å². The van der Waals surface area contributed by atoms with Gasteiger partial charge in [0.05, 0.1) is 15.8 Å². The van der Waals surface area contributed by atoms with Crippen molar-refractivity contribution in [3.63, 3.8) is 0 Å². The number of aryl methyl sites for hydroxylation is 1. The molecule has 0 saturated heterocycles. The van der Waals surface area contributed by atoms with E-state index < -0.39 is 6.04 Å². The number of hydrogen-bond donors (Lipinski definition) is 1. The van der Waals surface area contributed by atoms with Crippen LogP contribution < -0.4 is 10.9 Å². The standard InChI is InChI=1S/C21H25N3O2S/c1-12-8-4-6-10-16(12)22-20(25)14(3)24-21(26)18-15-9-5-7-11-17(15)27-19(18)13(2)23-24/h5,7,9,11-12,14,16H,4,6,8,10H2,1-3H3,(H,22,25)/t12-,14-,16+/m1/s1. The van der Waals surface area contributed by atoms with Crippen molar-refractivity contribution < 1.29 is 4.79 Å². The van der Waals surface area contributed by atoms with Crippen LogP contribution in [0.5, 0.6) is 0 Å². The quantitative estimate of drug-likeness (QED) is 0.738. The molecule has 6 heteroatoms. The molecule has 1 aromatic carbocycles. The lowest BCUT2D eigenvalue weighted by Gasteiger charge is -2.30. The van der Waals surface area contributed by atoms with E-state index in [1.54, 1.807) is 18.3 Å². The van der Waals surface area contributed by atoms with E-state index in [-0.39, 0.29) is 17.5 Å². The van der Waals surface area contributed by atoms with Crippen molar-refractivity contribution in [2.75, 3.05) is 0 Å². The van der Waals surface area contributed by atoms with E-state index in [4.69, 9.17) is 0 Å². The van der Waals surface area contributed by atoms with Crippen LogP contribution in [-0.2, 0) is 4.79 Å². The Hall–Kier alpha value is -2.21. The average molecular weight is 384 g/mol. The smallest absolute Gasteiger partial charge is 0.276 e. The first-order valence-electron chi connectivity index (χ1n) is 9.68. The molecule has 142 valence electrons. The van der Waals surface area contributed by atoms with Crippen LogP contribution in [0.15, 0.2) is 29.1 Å². The molecule has 3 aromatic rings. The number of fused-ring (bicyclic) bond motifs is 3. The Morgan fingerprint density at radius 3 is 2.81 bits per heavy atom. The summed E-state index contributed by atoms with van der Waals surface area (Å²) in [6.45, 7) is 5.85. The minimum Gasteiger partial charge on any atom is -0.351 e. The number of carbonyl (C=O) groups excluding carboxylic acids is 1. The highest BCUT2D eigenvalue weighted by Gasteiger charge is 2.27. The lowest BCUT2D eigenvalue weighted by Crippen LogP contribution is -2.45. The first-order chi connectivity index (χ1) is 13.0. The monoisotopic (exact) mass is 383 g/mol. The van der Waals surface area contributed by atoms with E-state index in [9.17, 15) is 9.59 Å². The third-order valence-corrected chi connectivity index (χ3v) is 7.07. The van der Waals surface area contributed by atoms with Crippen LogP contribution in [0.25, 0.3) is 20.2 Å². The number of hydrogen-bond acceptors (Lipinski definition) is 4. The van der Waals surface area contributed by atoms with E-state index in [1.807, 2.05) is 31.2 Å². The van der Waals surface area contributed by atoms with Crippen LogP contribution in [0.3, 0.4) is 0 Å². The van der Waals surface area contributed by atoms with Gasteiger partial charge in [-0.3, -0.25) is 9.59 Å². The summed E-state index contributed by atoms with van der Waals surface area (Å²) in [5.74, 6) is 0.353. The zero-order chi connectivity index (χ0) is 19.1. The Balaban J connectivity index is 1.72. The maximum atomic E-state index is 13.2. The Bertz CT molecular complexity index is 1070. The molecule has 1 fully saturated rings. The van der Waals surface area contributed by atoms with Crippen molar-refractivity contribution in [1.29, 1.82) is 0 Å². The summed E-state index contributed by atoms with van der Waals surface area (Å²) in [6.07, 6.45) is 4.53. The van der Waals surface area contributed by atoms with Crippen molar-refractivity contribution in [3.8, 4) is 0 Å². The summed E-state index contributed by atoms with van der Waals surface area (Å²) in [7, 11) is 0. The summed E-state index contributed by atoms with van der Waals surface area (Å²) in [5.41, 5.74) is 0.601. The summed E-state index contributed by atoms with van der Waals surface area (Å²) >= 11 is 1.58. The highest BCUT2D eigenvalue weighted by atomic mass is 32.1. The zero-order valence-electron chi connectivity index (χ0n) is 16.0. The number of carbonyl (C=O) groups is 1. The molecule has 27 heavy (non-hydrogen) atoms. The fraction of sp³-hybridized carbons (Fsp3) is 0.476. The van der Waals surface area contributed by atoms with E-state index in [1.165, 1.54) is 11.1 Å². The Morgan fingerprint density at radius 1 is 1.30 bits per heavy atom. The van der Waals surface area contributed by atoms with Gasteiger partial charge in [-0.05, 0) is 38.7 Å². The molecule has 0 bridgehead atoms. The predicted molar refractivity (Wildman–Crippen MR) is 110 cm³/mol. The van der Waals surface area contributed by atoms with Gasteiger partial charge in [-0.2, -0.15) is 5.10 Å². The second kappa shape index (κ2) is 7.08. The predicted octanol–water partition coefficient (Wildman–Crippen LogP) is 4.18. The maximum Gasteiger partial charge on any atom is 0.276 e. The van der Waals surface area contributed by atoms with Gasteiger partial charge in [0.2, 0.25) is 5.91 Å². The topological polar surface area (TPSA) is 64.0 Å². The van der Waals surface area contributed by atoms with Crippen LogP contribution in [0.2, 0.25) is 0 Å². The van der Waals surface area contributed by atoms with Gasteiger partial charge >= 0.3 is 0 Å². The maximum absolute atomic E-state index is 13.2. The van der Waals surface area contributed by atoms with E-state index >= 15 is 0 Å². The van der Waals surface area contributed by atoms with Gasteiger partial charge in [0.1, 0.15) is 6.04 Å². The molecule has 5 nitrogen and oxygen atoms in total. The van der Waals surface area contributed by atoms with Gasteiger partial charge in [0.15, 0.2) is 0 Å². The lowest BCUT2D eigenvalue weighted by molar-refractivity contribution is -0.125. The molecular weight excluding hydrogens is 358 g/mol. The fourth-order valence-corrected chi connectivity index (χ4v) is 5.22. The largest absolute Gasteiger partial charge is 0.351 e. The number of aromatic nitrogens is 2. The van der Waals surface area contributed by atoms with Crippen LogP contribution in [0.4, 0.5) is 0 Å². The molecule has 1 aliphatic carbocycles. The first-order valence-corrected chi connectivity index (χ1v) is 10.5. The highest BCUT2D eigenvalue weighted by Crippen LogP contribution is 2.33. The summed E-state index contributed by atoms with van der Waals surface area (Å²) in [5, 5.41) is 9.25. The third kappa shape index (κ3) is 3.16. The average Bonchev–Trinajstić information content (AvgIpc) is 3.06. The van der Waals surface area contributed by atoms with E-state index in [2.05, 4.69) is 17.3 Å². The number of thiophene rings is 1. The van der Waals surface area contributed by atoms with Crippen molar-refractivity contribution in [2.45, 2.75) is 58.5 Å². The van der Waals surface area contributed by atoms with E-state index in [0.717, 1.165) is 39.7 Å². The molecule has 0 unspecified atom stereocenters. The van der Waals surface area contributed by atoms with E-state index in [0.29, 0.717) is 11.3 Å². The molecular formula is C21H25N3O2S. The van der Waals surface area contributed by atoms with Crippen molar-refractivity contribution in [1.82, 2.24) is 15.1 Å². The highest BCUT2D eigenvalue weighted by molar-refractivity contribution is 7.26. The molecule has 0 aliphatic heterocycles. The van der Waals surface area contributed by atoms with Crippen molar-refractivity contribution in [3.05, 3.63) is 40.3 Å². The minimum absolute atomic E-state index is 0.123. The second-order valence-electron chi connectivity index (χ2n) is 7.69. The Morgan fingerprint density at radius 2 is 2.04 bits per heavy atom. The molecule has 2 heterocycles. The first kappa shape index (κ1) is 18.2. The number of nitrogens with one attached hydrogen (secondary N) is 1. The molecule has 1 amide bonds. The molecule has 3 atom stereocenters. The molecule has 1 aliphatic rings. The Kier molecular flexibility index (Phi) is 4.76. The molecule has 0 radical (unpaired) electrons. The number of amides is 1. The van der Waals surface area contributed by atoms with Gasteiger partial charge in [0.25, 0.3) is 5.56 Å². The fourth-order valence-electron chi connectivity index (χ4n) is 4.09. The van der Waals surface area contributed by atoms with Gasteiger partial charge < -0.3 is 5.32 Å². The number of nitrogens with zero attached hydrogens (tertiary/aromatic N) is 2. The molecule has 1 saturated carbocycles. The van der Waals surface area contributed by atoms with Crippen molar-refractivity contribution >= 4 is 37.4 Å². The zero-order valence-corrected chi connectivity index (χ0v) is 16.8. The minimum atomic E-state index is -0.631. The summed E-state index contributed by atoms with van der Waals surface area (Å²) < 4.78 is 3.34. The van der Waals surface area contributed by atoms with Gasteiger partial charge in [0, 0.05) is 16.1 Å². The molecule has 4 rings (SSSR count).